The van der Waals surface area contributed by atoms with E-state index in [9.17, 15) is 0 Å². The Morgan fingerprint density at radius 2 is 2.22 bits per heavy atom. The van der Waals surface area contributed by atoms with Gasteiger partial charge in [0.05, 0.1) is 6.04 Å². The molecule has 0 spiro atoms. The van der Waals surface area contributed by atoms with Gasteiger partial charge in [-0.15, -0.1) is 11.3 Å². The molecule has 0 aliphatic heterocycles. The van der Waals surface area contributed by atoms with E-state index in [-0.39, 0.29) is 6.04 Å². The molecular formula is C13H15Br2NOS. The fraction of sp³-hybridized carbons (Fsp3) is 0.385. The molecule has 1 N–H and O–H groups in total. The van der Waals surface area contributed by atoms with Crippen molar-refractivity contribution >= 4 is 43.2 Å². The maximum atomic E-state index is 5.67. The van der Waals surface area contributed by atoms with Crippen LogP contribution < -0.4 is 5.32 Å². The van der Waals surface area contributed by atoms with Gasteiger partial charge >= 0.3 is 0 Å². The van der Waals surface area contributed by atoms with Crippen LogP contribution in [0.3, 0.4) is 0 Å². The third kappa shape index (κ3) is 3.95. The number of hydrogen-bond acceptors (Lipinski definition) is 3. The Labute approximate surface area is 128 Å². The van der Waals surface area contributed by atoms with Crippen LogP contribution in [0.2, 0.25) is 0 Å². The SMILES string of the molecule is CCCNC(Cc1cc(Br)cs1)c1ccc(Br)o1. The summed E-state index contributed by atoms with van der Waals surface area (Å²) in [6.45, 7) is 3.17. The Hall–Kier alpha value is -0.100. The fourth-order valence-electron chi connectivity index (χ4n) is 1.77. The molecule has 0 amide bonds. The van der Waals surface area contributed by atoms with Gasteiger partial charge in [0.15, 0.2) is 4.67 Å². The first-order chi connectivity index (χ1) is 8.69. The third-order valence-corrected chi connectivity index (χ3v) is 4.75. The van der Waals surface area contributed by atoms with Crippen LogP contribution in [0.1, 0.15) is 30.0 Å². The zero-order chi connectivity index (χ0) is 13.0. The lowest BCUT2D eigenvalue weighted by Gasteiger charge is -2.15. The molecule has 0 saturated carbocycles. The molecule has 1 unspecified atom stereocenters. The van der Waals surface area contributed by atoms with Crippen molar-refractivity contribution in [3.8, 4) is 0 Å². The molecule has 5 heteroatoms. The number of hydrogen-bond donors (Lipinski definition) is 1. The summed E-state index contributed by atoms with van der Waals surface area (Å²) in [6.07, 6.45) is 2.07. The van der Waals surface area contributed by atoms with Crippen molar-refractivity contribution in [3.63, 3.8) is 0 Å². The highest BCUT2D eigenvalue weighted by Gasteiger charge is 2.16. The van der Waals surface area contributed by atoms with Gasteiger partial charge in [-0.1, -0.05) is 6.92 Å². The van der Waals surface area contributed by atoms with E-state index < -0.39 is 0 Å². The number of halogens is 2. The first kappa shape index (κ1) is 14.3. The highest BCUT2D eigenvalue weighted by molar-refractivity contribution is 9.10. The molecule has 0 aliphatic rings. The first-order valence-electron chi connectivity index (χ1n) is 5.90. The Morgan fingerprint density at radius 1 is 1.39 bits per heavy atom. The normalized spacial score (nSPS) is 12.8. The summed E-state index contributed by atoms with van der Waals surface area (Å²) in [7, 11) is 0. The fourth-order valence-corrected chi connectivity index (χ4v) is 3.59. The minimum absolute atomic E-state index is 0.238. The second-order valence-corrected chi connectivity index (χ2v) is 6.78. The van der Waals surface area contributed by atoms with E-state index in [1.165, 1.54) is 4.88 Å². The van der Waals surface area contributed by atoms with Crippen molar-refractivity contribution in [1.82, 2.24) is 5.32 Å². The van der Waals surface area contributed by atoms with Gasteiger partial charge in [-0.25, -0.2) is 0 Å². The average Bonchev–Trinajstić information content (AvgIpc) is 2.93. The summed E-state index contributed by atoms with van der Waals surface area (Å²) in [5.74, 6) is 0.986. The summed E-state index contributed by atoms with van der Waals surface area (Å²) in [5.41, 5.74) is 0. The van der Waals surface area contributed by atoms with Crippen LogP contribution in [-0.2, 0) is 6.42 Å². The zero-order valence-electron chi connectivity index (χ0n) is 10.1. The molecule has 0 aliphatic carbocycles. The lowest BCUT2D eigenvalue weighted by atomic mass is 10.1. The van der Waals surface area contributed by atoms with E-state index in [2.05, 4.69) is 55.5 Å². The summed E-state index contributed by atoms with van der Waals surface area (Å²) >= 11 is 8.63. The van der Waals surface area contributed by atoms with Gasteiger partial charge in [-0.2, -0.15) is 0 Å². The molecule has 0 radical (unpaired) electrons. The van der Waals surface area contributed by atoms with Crippen molar-refractivity contribution in [1.29, 1.82) is 0 Å². The average molecular weight is 393 g/mol. The van der Waals surface area contributed by atoms with Crippen LogP contribution in [0, 0.1) is 0 Å². The van der Waals surface area contributed by atoms with E-state index in [0.717, 1.165) is 34.3 Å². The summed E-state index contributed by atoms with van der Waals surface area (Å²) < 4.78 is 7.60. The number of nitrogens with one attached hydrogen (secondary N) is 1. The summed E-state index contributed by atoms with van der Waals surface area (Å²) in [6, 6.07) is 6.38. The topological polar surface area (TPSA) is 25.2 Å². The second-order valence-electron chi connectivity index (χ2n) is 4.08. The lowest BCUT2D eigenvalue weighted by Crippen LogP contribution is -2.23. The lowest BCUT2D eigenvalue weighted by molar-refractivity contribution is 0.401. The number of furan rings is 1. The Bertz CT molecular complexity index is 495. The number of thiophene rings is 1. The van der Waals surface area contributed by atoms with Crippen molar-refractivity contribution in [2.24, 2.45) is 0 Å². The van der Waals surface area contributed by atoms with Crippen LogP contribution in [0.5, 0.6) is 0 Å². The summed E-state index contributed by atoms with van der Waals surface area (Å²) in [4.78, 5) is 1.35. The van der Waals surface area contributed by atoms with Crippen molar-refractivity contribution < 1.29 is 4.42 Å². The van der Waals surface area contributed by atoms with Crippen LogP contribution in [0.25, 0.3) is 0 Å². The van der Waals surface area contributed by atoms with Gasteiger partial charge in [-0.05, 0) is 63.0 Å². The minimum atomic E-state index is 0.238. The molecule has 98 valence electrons. The molecule has 2 heterocycles. The van der Waals surface area contributed by atoms with E-state index in [4.69, 9.17) is 4.42 Å². The van der Waals surface area contributed by atoms with Gasteiger partial charge in [0.2, 0.25) is 0 Å². The Kier molecular flexibility index (Phi) is 5.48. The van der Waals surface area contributed by atoms with E-state index >= 15 is 0 Å². The second kappa shape index (κ2) is 6.89. The molecule has 2 aromatic heterocycles. The Balaban J connectivity index is 2.09. The highest BCUT2D eigenvalue weighted by atomic mass is 79.9. The highest BCUT2D eigenvalue weighted by Crippen LogP contribution is 2.27. The van der Waals surface area contributed by atoms with Crippen molar-refractivity contribution in [2.75, 3.05) is 6.54 Å². The third-order valence-electron chi connectivity index (χ3n) is 2.61. The molecule has 2 aromatic rings. The molecule has 1 atom stereocenters. The van der Waals surface area contributed by atoms with Crippen molar-refractivity contribution in [3.05, 3.63) is 43.4 Å². The van der Waals surface area contributed by atoms with Crippen LogP contribution in [-0.4, -0.2) is 6.54 Å². The van der Waals surface area contributed by atoms with E-state index in [1.54, 1.807) is 11.3 Å². The van der Waals surface area contributed by atoms with Crippen LogP contribution in [0.4, 0.5) is 0 Å². The molecule has 0 aromatic carbocycles. The van der Waals surface area contributed by atoms with Crippen LogP contribution >= 0.6 is 43.2 Å². The van der Waals surface area contributed by atoms with Gasteiger partial charge in [-0.3, -0.25) is 0 Å². The maximum Gasteiger partial charge on any atom is 0.169 e. The standard InChI is InChI=1S/C13H15Br2NOS/c1-2-5-16-11(12-3-4-13(15)17-12)7-10-6-9(14)8-18-10/h3-4,6,8,11,16H,2,5,7H2,1H3. The molecule has 0 saturated heterocycles. The van der Waals surface area contributed by atoms with E-state index in [1.807, 2.05) is 12.1 Å². The monoisotopic (exact) mass is 391 g/mol. The van der Waals surface area contributed by atoms with Gasteiger partial charge in [0, 0.05) is 21.2 Å². The molecule has 0 fully saturated rings. The minimum Gasteiger partial charge on any atom is -0.453 e. The molecule has 2 nitrogen and oxygen atoms in total. The maximum absolute atomic E-state index is 5.67. The number of rotatable bonds is 6. The van der Waals surface area contributed by atoms with Crippen LogP contribution in [0.15, 0.2) is 37.1 Å². The Morgan fingerprint density at radius 3 is 2.78 bits per heavy atom. The molecule has 18 heavy (non-hydrogen) atoms. The largest absolute Gasteiger partial charge is 0.453 e. The van der Waals surface area contributed by atoms with E-state index in [0.29, 0.717) is 0 Å². The predicted octanol–water partition coefficient (Wildman–Crippen LogP) is 5.15. The summed E-state index contributed by atoms with van der Waals surface area (Å²) in [5, 5.41) is 5.65. The molecular weight excluding hydrogens is 378 g/mol. The predicted molar refractivity (Wildman–Crippen MR) is 83.2 cm³/mol. The van der Waals surface area contributed by atoms with Crippen molar-refractivity contribution in [2.45, 2.75) is 25.8 Å². The quantitative estimate of drug-likeness (QED) is 0.735. The van der Waals surface area contributed by atoms with Gasteiger partial charge < -0.3 is 9.73 Å². The smallest absolute Gasteiger partial charge is 0.169 e. The first-order valence-corrected chi connectivity index (χ1v) is 8.37. The van der Waals surface area contributed by atoms with Gasteiger partial charge in [0.1, 0.15) is 5.76 Å². The molecule has 0 bridgehead atoms. The van der Waals surface area contributed by atoms with Gasteiger partial charge in [0.25, 0.3) is 0 Å². The zero-order valence-corrected chi connectivity index (χ0v) is 14.1. The molecule has 2 rings (SSSR count).